The van der Waals surface area contributed by atoms with Gasteiger partial charge in [0.2, 0.25) is 0 Å². The Morgan fingerprint density at radius 1 is 1.29 bits per heavy atom. The molecule has 1 saturated carbocycles. The summed E-state index contributed by atoms with van der Waals surface area (Å²) in [4.78, 5) is 25.2. The van der Waals surface area contributed by atoms with Gasteiger partial charge in [0.05, 0.1) is 31.2 Å². The fraction of sp³-hybridized carbons (Fsp3) is 0.667. The summed E-state index contributed by atoms with van der Waals surface area (Å²) in [5.41, 5.74) is -0.546. The maximum absolute atomic E-state index is 12.9. The van der Waals surface area contributed by atoms with Crippen LogP contribution in [0.2, 0.25) is 0 Å². The highest BCUT2D eigenvalue weighted by Crippen LogP contribution is 2.43. The fourth-order valence-corrected chi connectivity index (χ4v) is 4.16. The predicted octanol–water partition coefficient (Wildman–Crippen LogP) is 3.55. The molecule has 7 heteroatoms. The molecule has 3 atom stereocenters. The van der Waals surface area contributed by atoms with Gasteiger partial charge in [-0.05, 0) is 39.7 Å². The summed E-state index contributed by atoms with van der Waals surface area (Å²) in [7, 11) is 3.06. The molecule has 1 aromatic carbocycles. The molecule has 0 radical (unpaired) electrons. The maximum atomic E-state index is 12.9. The summed E-state index contributed by atoms with van der Waals surface area (Å²) in [5, 5.41) is 11.2. The number of carbonyl (C=O) groups is 2. The molecule has 0 aliphatic heterocycles. The Hall–Kier alpha value is -2.12. The van der Waals surface area contributed by atoms with Gasteiger partial charge in [-0.2, -0.15) is 0 Å². The Balaban J connectivity index is 2.25. The second-order valence-electron chi connectivity index (χ2n) is 9.55. The molecule has 0 spiro atoms. The van der Waals surface area contributed by atoms with Crippen LogP contribution in [-0.4, -0.2) is 50.6 Å². The Morgan fingerprint density at radius 2 is 2.00 bits per heavy atom. The van der Waals surface area contributed by atoms with Crippen LogP contribution in [0.15, 0.2) is 18.2 Å². The number of hydrogen-bond acceptors (Lipinski definition) is 7. The number of rotatable bonds is 9. The van der Waals surface area contributed by atoms with E-state index in [1.807, 2.05) is 19.1 Å². The minimum absolute atomic E-state index is 0.00434. The summed E-state index contributed by atoms with van der Waals surface area (Å²) in [5.74, 6) is 0.0439. The van der Waals surface area contributed by atoms with E-state index >= 15 is 0 Å². The first-order valence-electron chi connectivity index (χ1n) is 10.7. The number of aliphatic hydroxyl groups is 1. The van der Waals surface area contributed by atoms with Gasteiger partial charge in [-0.15, -0.1) is 0 Å². The SMILES string of the molecule is COCOc1c(CC(O)C2C(=O)CCC[C@@]2(C)COC(=O)C(C)(C)C)cccc1OC. The summed E-state index contributed by atoms with van der Waals surface area (Å²) in [6, 6.07) is 5.41. The summed E-state index contributed by atoms with van der Waals surface area (Å²) in [6.07, 6.45) is 1.07. The molecule has 174 valence electrons. The lowest BCUT2D eigenvalue weighted by molar-refractivity contribution is -0.163. The van der Waals surface area contributed by atoms with Gasteiger partial charge in [-0.3, -0.25) is 9.59 Å². The highest BCUT2D eigenvalue weighted by molar-refractivity contribution is 5.83. The van der Waals surface area contributed by atoms with E-state index in [-0.39, 0.29) is 31.6 Å². The largest absolute Gasteiger partial charge is 0.493 e. The zero-order valence-electron chi connectivity index (χ0n) is 19.5. The Morgan fingerprint density at radius 3 is 2.61 bits per heavy atom. The highest BCUT2D eigenvalue weighted by Gasteiger charge is 2.47. The van der Waals surface area contributed by atoms with Gasteiger partial charge in [0.1, 0.15) is 5.78 Å². The third-order valence-electron chi connectivity index (χ3n) is 5.83. The molecule has 1 aliphatic carbocycles. The third kappa shape index (κ3) is 6.20. The minimum atomic E-state index is -0.955. The molecule has 0 bridgehead atoms. The molecule has 1 fully saturated rings. The molecule has 1 N–H and O–H groups in total. The molecule has 0 aromatic heterocycles. The van der Waals surface area contributed by atoms with Crippen LogP contribution in [0.1, 0.15) is 52.5 Å². The lowest BCUT2D eigenvalue weighted by Crippen LogP contribution is -2.48. The minimum Gasteiger partial charge on any atom is -0.493 e. The molecule has 1 aromatic rings. The molecular weight excluding hydrogens is 400 g/mol. The number of ether oxygens (including phenoxy) is 4. The van der Waals surface area contributed by atoms with Crippen LogP contribution >= 0.6 is 0 Å². The van der Waals surface area contributed by atoms with Crippen molar-refractivity contribution in [2.45, 2.75) is 59.5 Å². The second-order valence-corrected chi connectivity index (χ2v) is 9.55. The van der Waals surface area contributed by atoms with Crippen LogP contribution in [0.3, 0.4) is 0 Å². The van der Waals surface area contributed by atoms with E-state index in [1.54, 1.807) is 33.9 Å². The quantitative estimate of drug-likeness (QED) is 0.468. The van der Waals surface area contributed by atoms with Gasteiger partial charge < -0.3 is 24.1 Å². The van der Waals surface area contributed by atoms with Crippen molar-refractivity contribution in [1.29, 1.82) is 0 Å². The van der Waals surface area contributed by atoms with Crippen LogP contribution in [0.4, 0.5) is 0 Å². The number of hydrogen-bond donors (Lipinski definition) is 1. The Labute approximate surface area is 185 Å². The summed E-state index contributed by atoms with van der Waals surface area (Å²) >= 11 is 0. The smallest absolute Gasteiger partial charge is 0.311 e. The van der Waals surface area contributed by atoms with Gasteiger partial charge in [-0.1, -0.05) is 19.1 Å². The van der Waals surface area contributed by atoms with Crippen molar-refractivity contribution in [3.05, 3.63) is 23.8 Å². The number of Topliss-reactive ketones (excluding diaryl/α,β-unsaturated/α-hetero) is 1. The number of esters is 1. The first kappa shape index (κ1) is 25.1. The van der Waals surface area contributed by atoms with Crippen LogP contribution < -0.4 is 9.47 Å². The van der Waals surface area contributed by atoms with Crippen molar-refractivity contribution in [1.82, 2.24) is 0 Å². The molecule has 0 saturated heterocycles. The van der Waals surface area contributed by atoms with E-state index in [0.29, 0.717) is 30.8 Å². The normalized spacial score (nSPS) is 22.7. The lowest BCUT2D eigenvalue weighted by atomic mass is 9.64. The Kier molecular flexibility index (Phi) is 8.49. The fourth-order valence-electron chi connectivity index (χ4n) is 4.16. The van der Waals surface area contributed by atoms with Gasteiger partial charge in [0.25, 0.3) is 0 Å². The molecule has 2 unspecified atom stereocenters. The van der Waals surface area contributed by atoms with Gasteiger partial charge in [-0.25, -0.2) is 0 Å². The number of aliphatic hydroxyl groups excluding tert-OH is 1. The number of ketones is 1. The molecule has 1 aliphatic rings. The van der Waals surface area contributed by atoms with Crippen molar-refractivity contribution in [2.75, 3.05) is 27.6 Å². The van der Waals surface area contributed by atoms with Crippen molar-refractivity contribution in [2.24, 2.45) is 16.7 Å². The van der Waals surface area contributed by atoms with E-state index in [9.17, 15) is 14.7 Å². The molecule has 7 nitrogen and oxygen atoms in total. The standard InChI is InChI=1S/C24H36O7/c1-23(2,3)22(27)30-14-24(4)12-8-10-17(25)20(24)18(26)13-16-9-7-11-19(29-6)21(16)31-15-28-5/h7,9,11,18,20,26H,8,10,12-15H2,1-6H3/t18?,20?,24-/m0/s1. The van der Waals surface area contributed by atoms with Gasteiger partial charge in [0.15, 0.2) is 18.3 Å². The first-order valence-corrected chi connectivity index (χ1v) is 10.7. The van der Waals surface area contributed by atoms with Gasteiger partial charge in [0, 0.05) is 30.9 Å². The monoisotopic (exact) mass is 436 g/mol. The Bertz CT molecular complexity index is 768. The van der Waals surface area contributed by atoms with Crippen LogP contribution in [0.5, 0.6) is 11.5 Å². The predicted molar refractivity (Wildman–Crippen MR) is 116 cm³/mol. The zero-order chi connectivity index (χ0) is 23.2. The number of carbonyl (C=O) groups excluding carboxylic acids is 2. The lowest BCUT2D eigenvalue weighted by Gasteiger charge is -2.42. The van der Waals surface area contributed by atoms with E-state index in [2.05, 4.69) is 0 Å². The third-order valence-corrected chi connectivity index (χ3v) is 5.83. The number of methoxy groups -OCH3 is 2. The van der Waals surface area contributed by atoms with E-state index in [0.717, 1.165) is 5.56 Å². The van der Waals surface area contributed by atoms with E-state index < -0.39 is 22.9 Å². The topological polar surface area (TPSA) is 91.3 Å². The van der Waals surface area contributed by atoms with E-state index in [1.165, 1.54) is 7.11 Å². The van der Waals surface area contributed by atoms with Gasteiger partial charge >= 0.3 is 5.97 Å². The van der Waals surface area contributed by atoms with E-state index in [4.69, 9.17) is 18.9 Å². The molecule has 0 heterocycles. The van der Waals surface area contributed by atoms with Crippen LogP contribution in [0, 0.1) is 16.7 Å². The van der Waals surface area contributed by atoms with Crippen molar-refractivity contribution >= 4 is 11.8 Å². The maximum Gasteiger partial charge on any atom is 0.311 e. The first-order chi connectivity index (χ1) is 14.5. The molecule has 0 amide bonds. The summed E-state index contributed by atoms with van der Waals surface area (Å²) in [6.45, 7) is 7.43. The zero-order valence-corrected chi connectivity index (χ0v) is 19.5. The molecule has 31 heavy (non-hydrogen) atoms. The molecule has 2 rings (SSSR count). The molecular formula is C24H36O7. The average Bonchev–Trinajstić information content (AvgIpc) is 2.70. The number of benzene rings is 1. The van der Waals surface area contributed by atoms with Crippen LogP contribution in [-0.2, 0) is 25.5 Å². The van der Waals surface area contributed by atoms with Crippen LogP contribution in [0.25, 0.3) is 0 Å². The van der Waals surface area contributed by atoms with Crippen molar-refractivity contribution in [3.63, 3.8) is 0 Å². The number of para-hydroxylation sites is 1. The van der Waals surface area contributed by atoms with Crippen molar-refractivity contribution < 1.29 is 33.6 Å². The van der Waals surface area contributed by atoms with Crippen molar-refractivity contribution in [3.8, 4) is 11.5 Å². The average molecular weight is 437 g/mol. The highest BCUT2D eigenvalue weighted by atomic mass is 16.7. The summed E-state index contributed by atoms with van der Waals surface area (Å²) < 4.78 is 21.6. The second kappa shape index (κ2) is 10.5.